The summed E-state index contributed by atoms with van der Waals surface area (Å²) in [6, 6.07) is 0. The average Bonchev–Trinajstić information content (AvgIpc) is 2.25. The molecule has 1 aromatic rings. The van der Waals surface area contributed by atoms with Crippen molar-refractivity contribution >= 4 is 27.5 Å². The molecule has 0 bridgehead atoms. The van der Waals surface area contributed by atoms with Gasteiger partial charge in [-0.05, 0) is 29.9 Å². The largest absolute Gasteiger partial charge is 0.368 e. The Morgan fingerprint density at radius 1 is 1.50 bits per heavy atom. The van der Waals surface area contributed by atoms with E-state index >= 15 is 0 Å². The molecule has 1 aliphatic rings. The SMILES string of the molecule is Cc1nc(C2CN(C)CCO2)nc(Cl)c1Br. The van der Waals surface area contributed by atoms with Crippen LogP contribution in [-0.4, -0.2) is 41.6 Å². The van der Waals surface area contributed by atoms with Crippen LogP contribution in [0.25, 0.3) is 0 Å². The number of rotatable bonds is 1. The van der Waals surface area contributed by atoms with Crippen molar-refractivity contribution in [1.82, 2.24) is 14.9 Å². The molecule has 1 saturated heterocycles. The van der Waals surface area contributed by atoms with Gasteiger partial charge in [0, 0.05) is 13.1 Å². The number of morpholine rings is 1. The van der Waals surface area contributed by atoms with E-state index in [-0.39, 0.29) is 6.10 Å². The molecule has 2 rings (SSSR count). The minimum Gasteiger partial charge on any atom is -0.368 e. The highest BCUT2D eigenvalue weighted by Crippen LogP contribution is 2.26. The molecule has 16 heavy (non-hydrogen) atoms. The third-order valence-electron chi connectivity index (χ3n) is 2.55. The van der Waals surface area contributed by atoms with Crippen molar-refractivity contribution in [3.63, 3.8) is 0 Å². The van der Waals surface area contributed by atoms with Crippen LogP contribution in [0.4, 0.5) is 0 Å². The maximum absolute atomic E-state index is 6.01. The minimum atomic E-state index is -0.0805. The number of halogens is 2. The van der Waals surface area contributed by atoms with Crippen LogP contribution in [0.5, 0.6) is 0 Å². The fourth-order valence-electron chi connectivity index (χ4n) is 1.62. The van der Waals surface area contributed by atoms with E-state index in [2.05, 4.69) is 37.8 Å². The van der Waals surface area contributed by atoms with Gasteiger partial charge in [0.25, 0.3) is 0 Å². The van der Waals surface area contributed by atoms with Gasteiger partial charge in [-0.2, -0.15) is 0 Å². The predicted octanol–water partition coefficient (Wildman–Crippen LogP) is 2.20. The summed E-state index contributed by atoms with van der Waals surface area (Å²) >= 11 is 9.35. The number of ether oxygens (including phenoxy) is 1. The average molecular weight is 307 g/mol. The predicted molar refractivity (Wildman–Crippen MR) is 65.7 cm³/mol. The smallest absolute Gasteiger partial charge is 0.160 e. The molecule has 6 heteroatoms. The normalized spacial score (nSPS) is 22.4. The number of hydrogen-bond donors (Lipinski definition) is 0. The van der Waals surface area contributed by atoms with Crippen LogP contribution in [0, 0.1) is 6.92 Å². The highest BCUT2D eigenvalue weighted by Gasteiger charge is 2.23. The van der Waals surface area contributed by atoms with Crippen LogP contribution in [0.3, 0.4) is 0 Å². The standard InChI is InChI=1S/C10H13BrClN3O/c1-6-8(11)9(12)14-10(13-6)7-5-15(2)3-4-16-7/h7H,3-5H2,1-2H3. The molecule has 1 unspecified atom stereocenters. The maximum Gasteiger partial charge on any atom is 0.160 e. The molecule has 1 aromatic heterocycles. The van der Waals surface area contributed by atoms with E-state index in [1.165, 1.54) is 0 Å². The quantitative estimate of drug-likeness (QED) is 0.746. The Hall–Kier alpha value is -0.230. The van der Waals surface area contributed by atoms with Crippen LogP contribution >= 0.6 is 27.5 Å². The molecule has 0 N–H and O–H groups in total. The van der Waals surface area contributed by atoms with Gasteiger partial charge in [-0.15, -0.1) is 0 Å². The Balaban J connectivity index is 2.26. The molecular formula is C10H13BrClN3O. The van der Waals surface area contributed by atoms with Gasteiger partial charge in [0.2, 0.25) is 0 Å². The van der Waals surface area contributed by atoms with Gasteiger partial charge < -0.3 is 9.64 Å². The molecule has 1 fully saturated rings. The molecular weight excluding hydrogens is 293 g/mol. The number of nitrogens with zero attached hydrogens (tertiary/aromatic N) is 3. The molecule has 88 valence electrons. The second-order valence-corrected chi connectivity index (χ2v) is 5.04. The highest BCUT2D eigenvalue weighted by atomic mass is 79.9. The van der Waals surface area contributed by atoms with Gasteiger partial charge in [-0.1, -0.05) is 11.6 Å². The Morgan fingerprint density at radius 2 is 2.25 bits per heavy atom. The van der Waals surface area contributed by atoms with Crippen LogP contribution in [-0.2, 0) is 4.74 Å². The van der Waals surface area contributed by atoms with Crippen molar-refractivity contribution in [2.75, 3.05) is 26.7 Å². The topological polar surface area (TPSA) is 38.2 Å². The summed E-state index contributed by atoms with van der Waals surface area (Å²) in [5, 5.41) is 0.444. The zero-order valence-electron chi connectivity index (χ0n) is 9.20. The van der Waals surface area contributed by atoms with Crippen molar-refractivity contribution in [3.05, 3.63) is 21.1 Å². The van der Waals surface area contributed by atoms with Gasteiger partial charge >= 0.3 is 0 Å². The number of likely N-dealkylation sites (N-methyl/N-ethyl adjacent to an activating group) is 1. The lowest BCUT2D eigenvalue weighted by atomic mass is 10.2. The third kappa shape index (κ3) is 2.53. The lowest BCUT2D eigenvalue weighted by molar-refractivity contribution is -0.0255. The molecule has 2 heterocycles. The van der Waals surface area contributed by atoms with E-state index in [0.29, 0.717) is 17.6 Å². The number of aromatic nitrogens is 2. The Morgan fingerprint density at radius 3 is 2.88 bits per heavy atom. The molecule has 0 aliphatic carbocycles. The van der Waals surface area contributed by atoms with Crippen LogP contribution < -0.4 is 0 Å². The summed E-state index contributed by atoms with van der Waals surface area (Å²) in [6.45, 7) is 4.35. The first-order valence-electron chi connectivity index (χ1n) is 5.07. The first kappa shape index (κ1) is 12.2. The van der Waals surface area contributed by atoms with Gasteiger partial charge in [0.05, 0.1) is 16.8 Å². The summed E-state index contributed by atoms with van der Waals surface area (Å²) in [5.74, 6) is 0.664. The Labute approximate surface area is 108 Å². The lowest BCUT2D eigenvalue weighted by Gasteiger charge is -2.29. The van der Waals surface area contributed by atoms with Crippen molar-refractivity contribution < 1.29 is 4.74 Å². The van der Waals surface area contributed by atoms with Crippen LogP contribution in [0.15, 0.2) is 4.47 Å². The fourth-order valence-corrected chi connectivity index (χ4v) is 2.02. The second kappa shape index (κ2) is 4.96. The van der Waals surface area contributed by atoms with Gasteiger partial charge in [-0.3, -0.25) is 0 Å². The molecule has 4 nitrogen and oxygen atoms in total. The molecule has 0 radical (unpaired) electrons. The van der Waals surface area contributed by atoms with E-state index in [1.807, 2.05) is 6.92 Å². The maximum atomic E-state index is 6.01. The number of aryl methyl sites for hydroxylation is 1. The van der Waals surface area contributed by atoms with Crippen LogP contribution in [0.1, 0.15) is 17.6 Å². The van der Waals surface area contributed by atoms with Gasteiger partial charge in [-0.25, -0.2) is 9.97 Å². The van der Waals surface area contributed by atoms with Crippen molar-refractivity contribution in [2.24, 2.45) is 0 Å². The van der Waals surface area contributed by atoms with Gasteiger partial charge in [0.15, 0.2) is 5.82 Å². The fraction of sp³-hybridized carbons (Fsp3) is 0.600. The monoisotopic (exact) mass is 305 g/mol. The van der Waals surface area contributed by atoms with Crippen molar-refractivity contribution in [2.45, 2.75) is 13.0 Å². The first-order valence-corrected chi connectivity index (χ1v) is 6.24. The highest BCUT2D eigenvalue weighted by molar-refractivity contribution is 9.10. The second-order valence-electron chi connectivity index (χ2n) is 3.89. The summed E-state index contributed by atoms with van der Waals surface area (Å²) < 4.78 is 6.40. The summed E-state index contributed by atoms with van der Waals surface area (Å²) in [5.41, 5.74) is 0.840. The van der Waals surface area contributed by atoms with E-state index in [9.17, 15) is 0 Å². The molecule has 0 spiro atoms. The molecule has 1 atom stereocenters. The van der Waals surface area contributed by atoms with Gasteiger partial charge in [0.1, 0.15) is 11.3 Å². The molecule has 0 saturated carbocycles. The van der Waals surface area contributed by atoms with Crippen molar-refractivity contribution in [3.8, 4) is 0 Å². The third-order valence-corrected chi connectivity index (χ3v) is 4.00. The van der Waals surface area contributed by atoms with E-state index in [4.69, 9.17) is 16.3 Å². The zero-order chi connectivity index (χ0) is 11.7. The zero-order valence-corrected chi connectivity index (χ0v) is 11.5. The molecule has 1 aliphatic heterocycles. The lowest BCUT2D eigenvalue weighted by Crippen LogP contribution is -2.36. The van der Waals surface area contributed by atoms with Crippen LogP contribution in [0.2, 0.25) is 5.15 Å². The van der Waals surface area contributed by atoms with E-state index < -0.39 is 0 Å². The van der Waals surface area contributed by atoms with Crippen molar-refractivity contribution in [1.29, 1.82) is 0 Å². The Bertz CT molecular complexity index is 379. The summed E-state index contributed by atoms with van der Waals surface area (Å²) in [7, 11) is 2.06. The minimum absolute atomic E-state index is 0.0805. The molecule has 0 amide bonds. The molecule has 0 aromatic carbocycles. The van der Waals surface area contributed by atoms with E-state index in [1.54, 1.807) is 0 Å². The first-order chi connectivity index (χ1) is 7.58. The van der Waals surface area contributed by atoms with E-state index in [0.717, 1.165) is 23.3 Å². The Kier molecular flexibility index (Phi) is 3.79. The number of hydrogen-bond acceptors (Lipinski definition) is 4. The summed E-state index contributed by atoms with van der Waals surface area (Å²) in [6.07, 6.45) is -0.0805. The summed E-state index contributed by atoms with van der Waals surface area (Å²) in [4.78, 5) is 10.8.